The van der Waals surface area contributed by atoms with Crippen LogP contribution in [0.5, 0.6) is 0 Å². The van der Waals surface area contributed by atoms with Gasteiger partial charge >= 0.3 is 0 Å². The Morgan fingerprint density at radius 2 is 2.14 bits per heavy atom. The predicted octanol–water partition coefficient (Wildman–Crippen LogP) is 2.36. The van der Waals surface area contributed by atoms with Gasteiger partial charge in [0, 0.05) is 30.1 Å². The monoisotopic (exact) mass is 255 g/mol. The van der Waals surface area contributed by atoms with Crippen LogP contribution in [0.3, 0.4) is 0 Å². The molecule has 2 rings (SSSR count). The van der Waals surface area contributed by atoms with Crippen LogP contribution in [0.2, 0.25) is 0 Å². The SMILES string of the molecule is COCC1CNC1c1ccc(Br)cc1. The summed E-state index contributed by atoms with van der Waals surface area (Å²) < 4.78 is 6.30. The number of benzene rings is 1. The number of hydrogen-bond acceptors (Lipinski definition) is 2. The first-order valence-electron chi connectivity index (χ1n) is 4.79. The third kappa shape index (κ3) is 2.00. The van der Waals surface area contributed by atoms with Crippen LogP contribution in [0.1, 0.15) is 11.6 Å². The van der Waals surface area contributed by atoms with Crippen molar-refractivity contribution >= 4 is 15.9 Å². The molecule has 3 heteroatoms. The minimum absolute atomic E-state index is 0.475. The molecule has 1 aliphatic heterocycles. The molecule has 14 heavy (non-hydrogen) atoms. The van der Waals surface area contributed by atoms with E-state index >= 15 is 0 Å². The molecule has 1 aromatic carbocycles. The van der Waals surface area contributed by atoms with Crippen molar-refractivity contribution in [1.82, 2.24) is 5.32 Å². The lowest BCUT2D eigenvalue weighted by Gasteiger charge is -2.38. The fraction of sp³-hybridized carbons (Fsp3) is 0.455. The molecule has 76 valence electrons. The Balaban J connectivity index is 2.04. The highest BCUT2D eigenvalue weighted by Crippen LogP contribution is 2.29. The van der Waals surface area contributed by atoms with E-state index in [9.17, 15) is 0 Å². The summed E-state index contributed by atoms with van der Waals surface area (Å²) in [6.45, 7) is 1.91. The predicted molar refractivity (Wildman–Crippen MR) is 60.3 cm³/mol. The van der Waals surface area contributed by atoms with Gasteiger partial charge in [0.1, 0.15) is 0 Å². The standard InChI is InChI=1S/C11H14BrNO/c1-14-7-9-6-13-11(9)8-2-4-10(12)5-3-8/h2-5,9,11,13H,6-7H2,1H3. The maximum Gasteiger partial charge on any atom is 0.0520 e. The van der Waals surface area contributed by atoms with E-state index in [1.807, 2.05) is 0 Å². The van der Waals surface area contributed by atoms with Gasteiger partial charge in [0.15, 0.2) is 0 Å². The maximum atomic E-state index is 5.17. The number of methoxy groups -OCH3 is 1. The van der Waals surface area contributed by atoms with E-state index in [4.69, 9.17) is 4.74 Å². The molecule has 2 atom stereocenters. The third-order valence-electron chi connectivity index (χ3n) is 2.68. The summed E-state index contributed by atoms with van der Waals surface area (Å²) in [6.07, 6.45) is 0. The molecule has 1 aromatic rings. The summed E-state index contributed by atoms with van der Waals surface area (Å²) in [7, 11) is 1.76. The molecule has 0 radical (unpaired) electrons. The van der Waals surface area contributed by atoms with Crippen LogP contribution < -0.4 is 5.32 Å². The zero-order valence-corrected chi connectivity index (χ0v) is 9.75. The van der Waals surface area contributed by atoms with Crippen LogP contribution in [0.15, 0.2) is 28.7 Å². The summed E-state index contributed by atoms with van der Waals surface area (Å²) in [4.78, 5) is 0. The van der Waals surface area contributed by atoms with Gasteiger partial charge in [0.2, 0.25) is 0 Å². The normalized spacial score (nSPS) is 25.9. The summed E-state index contributed by atoms with van der Waals surface area (Å²) in [6, 6.07) is 8.95. The largest absolute Gasteiger partial charge is 0.384 e. The van der Waals surface area contributed by atoms with Crippen molar-refractivity contribution in [3.05, 3.63) is 34.3 Å². The molecule has 0 bridgehead atoms. The molecule has 1 aliphatic rings. The Kier molecular flexibility index (Phi) is 3.21. The second-order valence-corrected chi connectivity index (χ2v) is 4.57. The summed E-state index contributed by atoms with van der Waals surface area (Å²) in [5, 5.41) is 3.42. The highest BCUT2D eigenvalue weighted by Gasteiger charge is 2.30. The van der Waals surface area contributed by atoms with E-state index in [0.717, 1.165) is 17.6 Å². The zero-order chi connectivity index (χ0) is 9.97. The lowest BCUT2D eigenvalue weighted by molar-refractivity contribution is 0.0883. The number of nitrogens with one attached hydrogen (secondary N) is 1. The van der Waals surface area contributed by atoms with Gasteiger partial charge in [-0.15, -0.1) is 0 Å². The van der Waals surface area contributed by atoms with Crippen LogP contribution in [-0.2, 0) is 4.74 Å². The van der Waals surface area contributed by atoms with Crippen molar-refractivity contribution in [3.8, 4) is 0 Å². The van der Waals surface area contributed by atoms with Crippen LogP contribution in [0.4, 0.5) is 0 Å². The Morgan fingerprint density at radius 3 is 2.64 bits per heavy atom. The fourth-order valence-electron chi connectivity index (χ4n) is 1.83. The Morgan fingerprint density at radius 1 is 1.43 bits per heavy atom. The van der Waals surface area contributed by atoms with Gasteiger partial charge in [0.05, 0.1) is 6.61 Å². The second kappa shape index (κ2) is 4.43. The Hall–Kier alpha value is -0.380. The topological polar surface area (TPSA) is 21.3 Å². The summed E-state index contributed by atoms with van der Waals surface area (Å²) >= 11 is 3.44. The first-order valence-corrected chi connectivity index (χ1v) is 5.58. The first-order chi connectivity index (χ1) is 6.81. The lowest BCUT2D eigenvalue weighted by Crippen LogP contribution is -2.47. The molecule has 0 spiro atoms. The average Bonchev–Trinajstić information content (AvgIpc) is 2.16. The molecule has 1 fully saturated rings. The van der Waals surface area contributed by atoms with E-state index in [1.54, 1.807) is 7.11 Å². The van der Waals surface area contributed by atoms with Crippen LogP contribution in [-0.4, -0.2) is 20.3 Å². The lowest BCUT2D eigenvalue weighted by atomic mass is 9.87. The molecule has 1 heterocycles. The van der Waals surface area contributed by atoms with Crippen molar-refractivity contribution in [3.63, 3.8) is 0 Å². The van der Waals surface area contributed by atoms with E-state index in [2.05, 4.69) is 45.5 Å². The Labute approximate surface area is 92.8 Å². The van der Waals surface area contributed by atoms with Gasteiger partial charge in [-0.2, -0.15) is 0 Å². The second-order valence-electron chi connectivity index (χ2n) is 3.65. The Bertz CT molecular complexity index is 299. The van der Waals surface area contributed by atoms with Crippen LogP contribution in [0, 0.1) is 5.92 Å². The van der Waals surface area contributed by atoms with Gasteiger partial charge in [-0.1, -0.05) is 28.1 Å². The van der Waals surface area contributed by atoms with Crippen molar-refractivity contribution in [2.24, 2.45) is 5.92 Å². The van der Waals surface area contributed by atoms with Crippen LogP contribution in [0.25, 0.3) is 0 Å². The van der Waals surface area contributed by atoms with Gasteiger partial charge in [0.25, 0.3) is 0 Å². The third-order valence-corrected chi connectivity index (χ3v) is 3.21. The number of rotatable bonds is 3. The average molecular weight is 256 g/mol. The van der Waals surface area contributed by atoms with Gasteiger partial charge < -0.3 is 10.1 Å². The van der Waals surface area contributed by atoms with Crippen molar-refractivity contribution in [2.75, 3.05) is 20.3 Å². The highest BCUT2D eigenvalue weighted by molar-refractivity contribution is 9.10. The number of hydrogen-bond donors (Lipinski definition) is 1. The fourth-order valence-corrected chi connectivity index (χ4v) is 2.10. The molecule has 0 aromatic heterocycles. The number of ether oxygens (including phenoxy) is 1. The minimum Gasteiger partial charge on any atom is -0.384 e. The van der Waals surface area contributed by atoms with Gasteiger partial charge in [-0.25, -0.2) is 0 Å². The molecule has 0 amide bonds. The first kappa shape index (κ1) is 10.1. The molecule has 2 unspecified atom stereocenters. The molecule has 1 saturated heterocycles. The van der Waals surface area contributed by atoms with E-state index in [1.165, 1.54) is 5.56 Å². The molecular weight excluding hydrogens is 242 g/mol. The zero-order valence-electron chi connectivity index (χ0n) is 8.16. The quantitative estimate of drug-likeness (QED) is 0.896. The molecule has 1 N–H and O–H groups in total. The smallest absolute Gasteiger partial charge is 0.0520 e. The van der Waals surface area contributed by atoms with E-state index in [0.29, 0.717) is 12.0 Å². The van der Waals surface area contributed by atoms with E-state index in [-0.39, 0.29) is 0 Å². The molecular formula is C11H14BrNO. The minimum atomic E-state index is 0.475. The van der Waals surface area contributed by atoms with Gasteiger partial charge in [-0.05, 0) is 17.7 Å². The summed E-state index contributed by atoms with van der Waals surface area (Å²) in [5.74, 6) is 0.626. The van der Waals surface area contributed by atoms with Crippen LogP contribution >= 0.6 is 15.9 Å². The van der Waals surface area contributed by atoms with Crippen molar-refractivity contribution in [1.29, 1.82) is 0 Å². The van der Waals surface area contributed by atoms with Crippen molar-refractivity contribution in [2.45, 2.75) is 6.04 Å². The molecule has 0 aliphatic carbocycles. The van der Waals surface area contributed by atoms with E-state index < -0.39 is 0 Å². The number of halogens is 1. The maximum absolute atomic E-state index is 5.17. The highest BCUT2D eigenvalue weighted by atomic mass is 79.9. The molecule has 2 nitrogen and oxygen atoms in total. The summed E-state index contributed by atoms with van der Waals surface area (Å²) in [5.41, 5.74) is 1.35. The molecule has 0 saturated carbocycles. The van der Waals surface area contributed by atoms with Crippen molar-refractivity contribution < 1.29 is 4.74 Å². The van der Waals surface area contributed by atoms with Gasteiger partial charge in [-0.3, -0.25) is 0 Å².